The van der Waals surface area contributed by atoms with E-state index in [2.05, 4.69) is 26.6 Å². The molecule has 0 aliphatic rings. The zero-order valence-corrected chi connectivity index (χ0v) is 27.5. The van der Waals surface area contributed by atoms with Crippen LogP contribution in [0.2, 0.25) is 0 Å². The Kier molecular flexibility index (Phi) is 16.5. The number of carbonyl (C=O) groups excluding carboxylic acids is 5. The second kappa shape index (κ2) is 19.2. The smallest absolute Gasteiger partial charge is 0.326 e. The molecule has 16 heteroatoms. The summed E-state index contributed by atoms with van der Waals surface area (Å²) < 4.78 is 0. The third-order valence-electron chi connectivity index (χ3n) is 7.20. The summed E-state index contributed by atoms with van der Waals surface area (Å²) in [6.45, 7) is 7.76. The van der Waals surface area contributed by atoms with E-state index < -0.39 is 89.6 Å². The summed E-state index contributed by atoms with van der Waals surface area (Å²) in [6, 6.07) is 2.63. The molecule has 0 saturated carbocycles. The van der Waals surface area contributed by atoms with Gasteiger partial charge in [0.25, 0.3) is 0 Å². The van der Waals surface area contributed by atoms with Crippen LogP contribution in [0.1, 0.15) is 65.9 Å². The third kappa shape index (κ3) is 14.2. The fourth-order valence-electron chi connectivity index (χ4n) is 4.34. The Morgan fingerprint density at radius 1 is 0.787 bits per heavy atom. The molecule has 5 amide bonds. The van der Waals surface area contributed by atoms with Crippen molar-refractivity contribution in [3.63, 3.8) is 0 Å². The normalized spacial score (nSPS) is 14.5. The molecule has 0 spiro atoms. The number of amides is 5. The number of carboxylic acids is 2. The van der Waals surface area contributed by atoms with Crippen molar-refractivity contribution in [3.05, 3.63) is 35.9 Å². The van der Waals surface area contributed by atoms with Crippen LogP contribution in [-0.4, -0.2) is 94.0 Å². The molecule has 47 heavy (non-hydrogen) atoms. The monoisotopic (exact) mass is 663 g/mol. The fourth-order valence-corrected chi connectivity index (χ4v) is 4.34. The van der Waals surface area contributed by atoms with Crippen LogP contribution in [0.5, 0.6) is 0 Å². The molecule has 1 aromatic carbocycles. The molecule has 16 nitrogen and oxygen atoms in total. The summed E-state index contributed by atoms with van der Waals surface area (Å²) >= 11 is 0. The number of carboxylic acid groups (broad SMARTS) is 2. The van der Waals surface area contributed by atoms with Crippen LogP contribution in [0.15, 0.2) is 30.3 Å². The number of unbranched alkanes of at least 4 members (excludes halogenated alkanes) is 1. The molecule has 0 radical (unpaired) electrons. The van der Waals surface area contributed by atoms with Crippen molar-refractivity contribution in [2.24, 2.45) is 17.4 Å². The second-order valence-electron chi connectivity index (χ2n) is 12.2. The zero-order chi connectivity index (χ0) is 35.9. The van der Waals surface area contributed by atoms with Crippen molar-refractivity contribution in [2.75, 3.05) is 6.54 Å². The molecule has 0 aliphatic heterocycles. The number of rotatable bonds is 20. The molecular formula is C31H49N7O9. The summed E-state index contributed by atoms with van der Waals surface area (Å²) in [5, 5.41) is 31.0. The van der Waals surface area contributed by atoms with Crippen LogP contribution >= 0.6 is 0 Å². The van der Waals surface area contributed by atoms with E-state index in [1.165, 1.54) is 20.8 Å². The van der Waals surface area contributed by atoms with Crippen LogP contribution in [-0.2, 0) is 40.0 Å². The highest BCUT2D eigenvalue weighted by molar-refractivity contribution is 5.98. The molecule has 0 fully saturated rings. The van der Waals surface area contributed by atoms with Crippen molar-refractivity contribution in [1.29, 1.82) is 0 Å². The Morgan fingerprint density at radius 3 is 1.91 bits per heavy atom. The molecule has 0 aromatic heterocycles. The number of hydrogen-bond acceptors (Lipinski definition) is 9. The van der Waals surface area contributed by atoms with Gasteiger partial charge in [0, 0.05) is 6.42 Å². The summed E-state index contributed by atoms with van der Waals surface area (Å²) in [5.41, 5.74) is 10.2. The Bertz CT molecular complexity index is 1260. The first-order chi connectivity index (χ1) is 21.9. The summed E-state index contributed by atoms with van der Waals surface area (Å²) in [5.74, 6) is -6.81. The highest BCUT2D eigenvalue weighted by atomic mass is 16.4. The molecule has 5 atom stereocenters. The van der Waals surface area contributed by atoms with E-state index in [1.807, 2.05) is 0 Å². The third-order valence-corrected chi connectivity index (χ3v) is 7.20. The Hall–Kier alpha value is -4.57. The van der Waals surface area contributed by atoms with Gasteiger partial charge in [0.2, 0.25) is 29.5 Å². The molecule has 1 aromatic rings. The van der Waals surface area contributed by atoms with Crippen LogP contribution < -0.4 is 38.1 Å². The molecule has 0 heterocycles. The summed E-state index contributed by atoms with van der Waals surface area (Å²) in [7, 11) is 0. The fraction of sp³-hybridized carbons (Fsp3) is 0.581. The minimum Gasteiger partial charge on any atom is -0.481 e. The molecule has 262 valence electrons. The highest BCUT2D eigenvalue weighted by Gasteiger charge is 2.36. The molecule has 1 rings (SSSR count). The first-order valence-corrected chi connectivity index (χ1v) is 15.4. The molecular weight excluding hydrogens is 614 g/mol. The maximum absolute atomic E-state index is 13.2. The first-order valence-electron chi connectivity index (χ1n) is 15.4. The number of benzene rings is 1. The van der Waals surface area contributed by atoms with Crippen molar-refractivity contribution in [3.8, 4) is 0 Å². The van der Waals surface area contributed by atoms with Gasteiger partial charge in [0.15, 0.2) is 0 Å². The van der Waals surface area contributed by atoms with Gasteiger partial charge in [0.05, 0.1) is 12.5 Å². The van der Waals surface area contributed by atoms with E-state index in [9.17, 15) is 38.7 Å². The molecule has 0 unspecified atom stereocenters. The lowest BCUT2D eigenvalue weighted by atomic mass is 9.98. The highest BCUT2D eigenvalue weighted by Crippen LogP contribution is 2.10. The van der Waals surface area contributed by atoms with Gasteiger partial charge >= 0.3 is 11.9 Å². The molecule has 0 saturated heterocycles. The number of aliphatic carboxylic acids is 2. The van der Waals surface area contributed by atoms with E-state index in [4.69, 9.17) is 16.6 Å². The van der Waals surface area contributed by atoms with Crippen molar-refractivity contribution >= 4 is 41.5 Å². The van der Waals surface area contributed by atoms with Gasteiger partial charge in [-0.3, -0.25) is 28.8 Å². The number of nitrogens with two attached hydrogens (primary N) is 2. The van der Waals surface area contributed by atoms with Crippen LogP contribution in [0.25, 0.3) is 0 Å². The Balaban J connectivity index is 3.00. The molecule has 0 bridgehead atoms. The quantitative estimate of drug-likeness (QED) is 0.0744. The van der Waals surface area contributed by atoms with Gasteiger partial charge in [-0.25, -0.2) is 4.79 Å². The maximum Gasteiger partial charge on any atom is 0.326 e. The number of nitrogens with one attached hydrogen (secondary N) is 5. The van der Waals surface area contributed by atoms with Crippen molar-refractivity contribution in [2.45, 2.75) is 102 Å². The van der Waals surface area contributed by atoms with E-state index in [1.54, 1.807) is 44.2 Å². The average molecular weight is 664 g/mol. The van der Waals surface area contributed by atoms with E-state index in [0.29, 0.717) is 24.9 Å². The minimum atomic E-state index is -1.59. The van der Waals surface area contributed by atoms with E-state index in [-0.39, 0.29) is 12.8 Å². The lowest BCUT2D eigenvalue weighted by Crippen LogP contribution is -2.63. The maximum atomic E-state index is 13.2. The second-order valence-corrected chi connectivity index (χ2v) is 12.2. The van der Waals surface area contributed by atoms with Gasteiger partial charge in [-0.1, -0.05) is 44.2 Å². The minimum absolute atomic E-state index is 0.0359. The average Bonchev–Trinajstić information content (AvgIpc) is 2.98. The van der Waals surface area contributed by atoms with E-state index in [0.717, 1.165) is 0 Å². The molecule has 11 N–H and O–H groups in total. The van der Waals surface area contributed by atoms with Gasteiger partial charge in [0.1, 0.15) is 29.7 Å². The van der Waals surface area contributed by atoms with Crippen LogP contribution in [0.4, 0.5) is 0 Å². The first kappa shape index (κ1) is 40.5. The van der Waals surface area contributed by atoms with Crippen molar-refractivity contribution < 1.29 is 43.8 Å². The Morgan fingerprint density at radius 2 is 1.38 bits per heavy atom. The Labute approximate surface area is 274 Å². The number of hydrogen-bond donors (Lipinski definition) is 9. The lowest BCUT2D eigenvalue weighted by molar-refractivity contribution is -0.142. The summed E-state index contributed by atoms with van der Waals surface area (Å²) in [4.78, 5) is 87.7. The SMILES string of the molecule is CC(C)[C@H](NC(=O)[C@@H](N)CC(=O)O)C(=O)NC(C)(C)C(=O)N[C@@H](C)C(=O)N[C@@H](Cc1ccccc1)C(=O)N[C@@H](CCCCN)C(=O)O. The molecule has 0 aliphatic carbocycles. The topological polar surface area (TPSA) is 272 Å². The summed E-state index contributed by atoms with van der Waals surface area (Å²) in [6.07, 6.45) is 0.587. The standard InChI is InChI=1S/C31H49N7O9/c1-17(2)24(37-26(42)20(33)16-23(39)40)28(44)38-31(4,5)30(47)34-18(3)25(41)36-22(15-19-11-7-6-8-12-19)27(43)35-21(29(45)46)13-9-10-14-32/h6-8,11-12,17-18,20-22,24H,9-10,13-16,32-33H2,1-5H3,(H,34,47)(H,35,43)(H,36,41)(H,37,42)(H,38,44)(H,39,40)(H,45,46)/t18-,20-,21-,22-,24-/m0/s1. The van der Waals surface area contributed by atoms with Crippen LogP contribution in [0.3, 0.4) is 0 Å². The van der Waals surface area contributed by atoms with Crippen LogP contribution in [0, 0.1) is 5.92 Å². The zero-order valence-electron chi connectivity index (χ0n) is 27.5. The predicted octanol–water partition coefficient (Wildman–Crippen LogP) is -1.25. The number of carbonyl (C=O) groups is 7. The van der Waals surface area contributed by atoms with Crippen molar-refractivity contribution in [1.82, 2.24) is 26.6 Å². The lowest BCUT2D eigenvalue weighted by Gasteiger charge is -2.31. The largest absolute Gasteiger partial charge is 0.481 e. The van der Waals surface area contributed by atoms with Gasteiger partial charge in [-0.15, -0.1) is 0 Å². The van der Waals surface area contributed by atoms with Gasteiger partial charge < -0.3 is 48.3 Å². The van der Waals surface area contributed by atoms with Gasteiger partial charge in [-0.05, 0) is 58.1 Å². The van der Waals surface area contributed by atoms with E-state index >= 15 is 0 Å². The van der Waals surface area contributed by atoms with Gasteiger partial charge in [-0.2, -0.15) is 0 Å². The predicted molar refractivity (Wildman–Crippen MR) is 171 cm³/mol.